The van der Waals surface area contributed by atoms with Crippen molar-refractivity contribution >= 4 is 33.7 Å². The first-order valence-corrected chi connectivity index (χ1v) is 9.51. The van der Waals surface area contributed by atoms with Crippen LogP contribution in [0.2, 0.25) is 0 Å². The summed E-state index contributed by atoms with van der Waals surface area (Å²) in [6.07, 6.45) is 3.66. The highest BCUT2D eigenvalue weighted by atomic mass is 32.2. The van der Waals surface area contributed by atoms with E-state index in [4.69, 9.17) is 15.2 Å². The standard InChI is InChI=1S/C18H19N3O7S/c1-26-14-8-11(4-7-16(22)27-2)9-15(17(14)28-3)29(24,25)21-12-5-6-13(18(19)23)20-10-12/h4-10,21H,1-3H3,(H2,19,23). The third-order valence-corrected chi connectivity index (χ3v) is 5.02. The van der Waals surface area contributed by atoms with Gasteiger partial charge in [0, 0.05) is 6.08 Å². The van der Waals surface area contributed by atoms with Crippen molar-refractivity contribution in [2.24, 2.45) is 5.73 Å². The normalized spacial score (nSPS) is 11.1. The predicted molar refractivity (Wildman–Crippen MR) is 104 cm³/mol. The molecule has 1 heterocycles. The summed E-state index contributed by atoms with van der Waals surface area (Å²) in [5.74, 6) is -1.24. The zero-order valence-electron chi connectivity index (χ0n) is 15.8. The maximum absolute atomic E-state index is 12.9. The number of esters is 1. The van der Waals surface area contributed by atoms with Gasteiger partial charge in [-0.1, -0.05) is 0 Å². The van der Waals surface area contributed by atoms with Crippen LogP contribution in [0.5, 0.6) is 11.5 Å². The number of benzene rings is 1. The van der Waals surface area contributed by atoms with Gasteiger partial charge in [0.25, 0.3) is 15.9 Å². The van der Waals surface area contributed by atoms with Crippen LogP contribution in [0, 0.1) is 0 Å². The van der Waals surface area contributed by atoms with Crippen molar-refractivity contribution in [1.82, 2.24) is 4.98 Å². The summed E-state index contributed by atoms with van der Waals surface area (Å²) in [6.45, 7) is 0. The number of aromatic nitrogens is 1. The Morgan fingerprint density at radius 3 is 2.38 bits per heavy atom. The summed E-state index contributed by atoms with van der Waals surface area (Å²) in [5.41, 5.74) is 5.57. The third-order valence-electron chi connectivity index (χ3n) is 3.64. The third kappa shape index (κ3) is 5.23. The van der Waals surface area contributed by atoms with Gasteiger partial charge in [-0.05, 0) is 35.9 Å². The number of amides is 1. The number of sulfonamides is 1. The Hall–Kier alpha value is -3.60. The van der Waals surface area contributed by atoms with Gasteiger partial charge in [0.05, 0.1) is 33.2 Å². The van der Waals surface area contributed by atoms with Crippen LogP contribution in [0.3, 0.4) is 0 Å². The molecule has 3 N–H and O–H groups in total. The van der Waals surface area contributed by atoms with Crippen LogP contribution >= 0.6 is 0 Å². The van der Waals surface area contributed by atoms with Crippen molar-refractivity contribution < 1.29 is 32.2 Å². The molecule has 0 bridgehead atoms. The summed E-state index contributed by atoms with van der Waals surface area (Å²) < 4.78 is 43.1. The van der Waals surface area contributed by atoms with Gasteiger partial charge in [-0.15, -0.1) is 0 Å². The lowest BCUT2D eigenvalue weighted by Crippen LogP contribution is -2.16. The molecule has 0 radical (unpaired) electrons. The topological polar surface area (TPSA) is 147 Å². The van der Waals surface area contributed by atoms with E-state index < -0.39 is 21.9 Å². The van der Waals surface area contributed by atoms with Gasteiger partial charge in [0.1, 0.15) is 10.6 Å². The quantitative estimate of drug-likeness (QED) is 0.477. The van der Waals surface area contributed by atoms with E-state index in [9.17, 15) is 18.0 Å². The minimum Gasteiger partial charge on any atom is -0.493 e. The van der Waals surface area contributed by atoms with Crippen LogP contribution in [-0.4, -0.2) is 46.6 Å². The largest absolute Gasteiger partial charge is 0.493 e. The van der Waals surface area contributed by atoms with E-state index in [2.05, 4.69) is 14.4 Å². The average molecular weight is 421 g/mol. The van der Waals surface area contributed by atoms with E-state index in [1.807, 2.05) is 0 Å². The number of nitrogens with two attached hydrogens (primary N) is 1. The molecule has 29 heavy (non-hydrogen) atoms. The first kappa shape index (κ1) is 21.7. The van der Waals surface area contributed by atoms with E-state index in [-0.39, 0.29) is 27.8 Å². The Morgan fingerprint density at radius 2 is 1.86 bits per heavy atom. The predicted octanol–water partition coefficient (Wildman–Crippen LogP) is 1.18. The summed E-state index contributed by atoms with van der Waals surface area (Å²) in [5, 5.41) is 0. The Labute approximate surface area is 167 Å². The maximum atomic E-state index is 12.9. The first-order chi connectivity index (χ1) is 13.7. The fourth-order valence-electron chi connectivity index (χ4n) is 2.29. The molecule has 0 fully saturated rings. The molecular weight excluding hydrogens is 402 g/mol. The summed E-state index contributed by atoms with van der Waals surface area (Å²) >= 11 is 0. The molecular formula is C18H19N3O7S. The van der Waals surface area contributed by atoms with Crippen LogP contribution in [0.25, 0.3) is 6.08 Å². The number of carbonyl (C=O) groups is 2. The number of methoxy groups -OCH3 is 3. The molecule has 1 aromatic carbocycles. The van der Waals surface area contributed by atoms with Crippen LogP contribution < -0.4 is 19.9 Å². The minimum atomic E-state index is -4.15. The molecule has 1 aromatic heterocycles. The molecule has 0 aliphatic carbocycles. The summed E-state index contributed by atoms with van der Waals surface area (Å²) in [7, 11) is -0.284. The van der Waals surface area contributed by atoms with E-state index in [0.29, 0.717) is 5.56 Å². The van der Waals surface area contributed by atoms with Gasteiger partial charge in [0.2, 0.25) is 0 Å². The molecule has 0 spiro atoms. The number of primary amides is 1. The number of ether oxygens (including phenoxy) is 3. The average Bonchev–Trinajstić information content (AvgIpc) is 2.71. The van der Waals surface area contributed by atoms with Gasteiger partial charge in [0.15, 0.2) is 11.5 Å². The Morgan fingerprint density at radius 1 is 1.14 bits per heavy atom. The van der Waals surface area contributed by atoms with Crippen LogP contribution in [0.1, 0.15) is 16.1 Å². The maximum Gasteiger partial charge on any atom is 0.330 e. The number of hydrogen-bond donors (Lipinski definition) is 2. The van der Waals surface area contributed by atoms with Crippen molar-refractivity contribution in [2.45, 2.75) is 4.90 Å². The molecule has 0 aliphatic rings. The monoisotopic (exact) mass is 421 g/mol. The molecule has 11 heteroatoms. The number of carbonyl (C=O) groups excluding carboxylic acids is 2. The highest BCUT2D eigenvalue weighted by molar-refractivity contribution is 7.92. The smallest absolute Gasteiger partial charge is 0.330 e. The minimum absolute atomic E-state index is 0.0119. The number of rotatable bonds is 8. The molecule has 10 nitrogen and oxygen atoms in total. The first-order valence-electron chi connectivity index (χ1n) is 8.02. The van der Waals surface area contributed by atoms with Crippen molar-refractivity contribution in [2.75, 3.05) is 26.1 Å². The number of pyridine rings is 1. The molecule has 1 amide bonds. The van der Waals surface area contributed by atoms with E-state index in [1.165, 1.54) is 51.7 Å². The molecule has 0 saturated heterocycles. The van der Waals surface area contributed by atoms with Crippen molar-refractivity contribution in [3.05, 3.63) is 47.8 Å². The highest BCUT2D eigenvalue weighted by Gasteiger charge is 2.24. The second kappa shape index (κ2) is 9.06. The SMILES string of the molecule is COC(=O)C=Cc1cc(OC)c(OC)c(S(=O)(=O)Nc2ccc(C(N)=O)nc2)c1. The Balaban J connectivity index is 2.49. The summed E-state index contributed by atoms with van der Waals surface area (Å²) in [4.78, 5) is 26.0. The number of anilines is 1. The highest BCUT2D eigenvalue weighted by Crippen LogP contribution is 2.36. The lowest BCUT2D eigenvalue weighted by molar-refractivity contribution is -0.134. The van der Waals surface area contributed by atoms with Crippen LogP contribution in [-0.2, 0) is 19.6 Å². The summed E-state index contributed by atoms with van der Waals surface area (Å²) in [6, 6.07) is 5.43. The van der Waals surface area contributed by atoms with Gasteiger partial charge in [-0.2, -0.15) is 0 Å². The van der Waals surface area contributed by atoms with Crippen molar-refractivity contribution in [3.63, 3.8) is 0 Å². The second-order valence-electron chi connectivity index (χ2n) is 5.51. The van der Waals surface area contributed by atoms with Crippen molar-refractivity contribution in [1.29, 1.82) is 0 Å². The molecule has 154 valence electrons. The number of nitrogens with one attached hydrogen (secondary N) is 1. The number of hydrogen-bond acceptors (Lipinski definition) is 8. The Bertz CT molecular complexity index is 1050. The Kier molecular flexibility index (Phi) is 6.78. The van der Waals surface area contributed by atoms with E-state index >= 15 is 0 Å². The van der Waals surface area contributed by atoms with Gasteiger partial charge in [-0.25, -0.2) is 18.2 Å². The molecule has 0 atom stereocenters. The zero-order valence-corrected chi connectivity index (χ0v) is 16.6. The van der Waals surface area contributed by atoms with E-state index in [1.54, 1.807) is 0 Å². The second-order valence-corrected chi connectivity index (χ2v) is 7.16. The fraction of sp³-hybridized carbons (Fsp3) is 0.167. The fourth-order valence-corrected chi connectivity index (χ4v) is 3.55. The molecule has 2 aromatic rings. The molecule has 0 aliphatic heterocycles. The van der Waals surface area contributed by atoms with Gasteiger partial charge < -0.3 is 19.9 Å². The molecule has 0 unspecified atom stereocenters. The zero-order chi connectivity index (χ0) is 21.6. The van der Waals surface area contributed by atoms with E-state index in [0.717, 1.165) is 12.3 Å². The molecule has 2 rings (SSSR count). The van der Waals surface area contributed by atoms with Gasteiger partial charge >= 0.3 is 5.97 Å². The van der Waals surface area contributed by atoms with Crippen LogP contribution in [0.15, 0.2) is 41.4 Å². The van der Waals surface area contributed by atoms with Gasteiger partial charge in [-0.3, -0.25) is 9.52 Å². The van der Waals surface area contributed by atoms with Crippen LogP contribution in [0.4, 0.5) is 5.69 Å². The van der Waals surface area contributed by atoms with Crippen molar-refractivity contribution in [3.8, 4) is 11.5 Å². The molecule has 0 saturated carbocycles. The lowest BCUT2D eigenvalue weighted by Gasteiger charge is -2.15. The lowest BCUT2D eigenvalue weighted by atomic mass is 10.2. The number of nitrogens with zero attached hydrogens (tertiary/aromatic N) is 1.